The fourth-order valence-corrected chi connectivity index (χ4v) is 1.78. The normalized spacial score (nSPS) is 11.0. The summed E-state index contributed by atoms with van der Waals surface area (Å²) in [6, 6.07) is 4.82. The summed E-state index contributed by atoms with van der Waals surface area (Å²) in [5.41, 5.74) is 1.54. The summed E-state index contributed by atoms with van der Waals surface area (Å²) in [6.07, 6.45) is -2.56. The Morgan fingerprint density at radius 1 is 1.05 bits per heavy atom. The molecule has 0 bridgehead atoms. The van der Waals surface area contributed by atoms with Gasteiger partial charge in [0.2, 0.25) is 0 Å². The molecule has 0 aliphatic carbocycles. The molecule has 1 aromatic heterocycles. The van der Waals surface area contributed by atoms with E-state index in [1.165, 1.54) is 16.9 Å². The Kier molecular flexibility index (Phi) is 5.93. The molecule has 1 aromatic carbocycles. The van der Waals surface area contributed by atoms with E-state index in [-0.39, 0.29) is 0 Å². The van der Waals surface area contributed by atoms with Crippen LogP contribution in [0, 0.1) is 6.92 Å². The first-order valence-corrected chi connectivity index (χ1v) is 7.02. The van der Waals surface area contributed by atoms with Gasteiger partial charge in [-0.3, -0.25) is 0 Å². The van der Waals surface area contributed by atoms with Crippen LogP contribution in [0.25, 0.3) is 5.69 Å². The summed E-state index contributed by atoms with van der Waals surface area (Å²) < 4.78 is 37.4. The number of aryl methyl sites for hydroxylation is 2. The number of alkyl halides is 3. The first-order chi connectivity index (χ1) is 9.91. The largest absolute Gasteiger partial charge is 0.416 e. The number of hydrogen-bond acceptors (Lipinski definition) is 2. The molecule has 6 heteroatoms. The molecule has 0 spiro atoms. The van der Waals surface area contributed by atoms with Gasteiger partial charge in [-0.15, -0.1) is 0 Å². The van der Waals surface area contributed by atoms with Crippen molar-refractivity contribution in [2.45, 2.75) is 46.7 Å². The molecule has 0 aliphatic heterocycles. The van der Waals surface area contributed by atoms with Gasteiger partial charge in [0.15, 0.2) is 0 Å². The Labute approximate surface area is 122 Å². The summed E-state index contributed by atoms with van der Waals surface area (Å²) in [5, 5.41) is 8.50. The highest BCUT2D eigenvalue weighted by atomic mass is 19.4. The minimum atomic E-state index is -4.32. The van der Waals surface area contributed by atoms with Gasteiger partial charge < -0.3 is 0 Å². The summed E-state index contributed by atoms with van der Waals surface area (Å²) in [7, 11) is 0. The van der Waals surface area contributed by atoms with Crippen molar-refractivity contribution in [2.24, 2.45) is 0 Å². The smallest absolute Gasteiger partial charge is 0.166 e. The number of hydrogen-bond donors (Lipinski definition) is 0. The Morgan fingerprint density at radius 2 is 1.62 bits per heavy atom. The van der Waals surface area contributed by atoms with Gasteiger partial charge in [0.05, 0.1) is 22.6 Å². The molecular weight excluding hydrogens is 279 g/mol. The van der Waals surface area contributed by atoms with Crippen LogP contribution in [0.3, 0.4) is 0 Å². The fraction of sp³-hybridized carbons (Fsp3) is 0.467. The maximum absolute atomic E-state index is 12.5. The minimum Gasteiger partial charge on any atom is -0.166 e. The minimum absolute atomic E-state index is 0.526. The van der Waals surface area contributed by atoms with Crippen LogP contribution in [0.4, 0.5) is 13.2 Å². The molecule has 0 atom stereocenters. The van der Waals surface area contributed by atoms with Gasteiger partial charge in [-0.1, -0.05) is 27.2 Å². The molecule has 0 radical (unpaired) electrons. The first kappa shape index (κ1) is 17.2. The van der Waals surface area contributed by atoms with Gasteiger partial charge in [-0.05, 0) is 37.6 Å². The van der Waals surface area contributed by atoms with Crippen molar-refractivity contribution < 1.29 is 13.2 Å². The van der Waals surface area contributed by atoms with Crippen molar-refractivity contribution in [3.8, 4) is 5.69 Å². The van der Waals surface area contributed by atoms with Gasteiger partial charge in [0.1, 0.15) is 0 Å². The van der Waals surface area contributed by atoms with E-state index in [0.29, 0.717) is 5.69 Å². The topological polar surface area (TPSA) is 30.7 Å². The third-order valence-corrected chi connectivity index (χ3v) is 2.79. The maximum Gasteiger partial charge on any atom is 0.416 e. The molecule has 3 nitrogen and oxygen atoms in total. The average molecular weight is 299 g/mol. The molecule has 0 aliphatic rings. The highest BCUT2D eigenvalue weighted by Crippen LogP contribution is 2.29. The summed E-state index contributed by atoms with van der Waals surface area (Å²) >= 11 is 0. The monoisotopic (exact) mass is 299 g/mol. The first-order valence-electron chi connectivity index (χ1n) is 7.02. The van der Waals surface area contributed by atoms with Gasteiger partial charge >= 0.3 is 6.18 Å². The zero-order valence-electron chi connectivity index (χ0n) is 12.7. The van der Waals surface area contributed by atoms with Crippen molar-refractivity contribution in [3.63, 3.8) is 0 Å². The van der Waals surface area contributed by atoms with Gasteiger partial charge in [0.25, 0.3) is 0 Å². The number of aromatic nitrogens is 3. The molecule has 2 rings (SSSR count). The lowest BCUT2D eigenvalue weighted by molar-refractivity contribution is -0.137. The number of halogens is 3. The molecule has 1 heterocycles. The molecule has 116 valence electrons. The molecule has 0 saturated heterocycles. The van der Waals surface area contributed by atoms with Crippen molar-refractivity contribution in [3.05, 3.63) is 41.2 Å². The van der Waals surface area contributed by atoms with Crippen molar-refractivity contribution >= 4 is 0 Å². The summed E-state index contributed by atoms with van der Waals surface area (Å²) in [5.74, 6) is 0. The summed E-state index contributed by atoms with van der Waals surface area (Å²) in [4.78, 5) is 1.38. The molecule has 0 unspecified atom stereocenters. The van der Waals surface area contributed by atoms with E-state index in [1.54, 1.807) is 0 Å². The van der Waals surface area contributed by atoms with Crippen LogP contribution in [0.5, 0.6) is 0 Å². The molecular formula is C15H20F3N3. The maximum atomic E-state index is 12.5. The zero-order valence-corrected chi connectivity index (χ0v) is 12.7. The second kappa shape index (κ2) is 7.24. The van der Waals surface area contributed by atoms with E-state index in [9.17, 15) is 13.2 Å². The summed E-state index contributed by atoms with van der Waals surface area (Å²) in [6.45, 7) is 7.88. The Balaban J connectivity index is 0.00000106. The lowest BCUT2D eigenvalue weighted by atomic mass is 10.2. The SMILES string of the molecule is CC.CCCc1nn(-c2ccc(C(F)(F)F)cc2)nc1C. The lowest BCUT2D eigenvalue weighted by Gasteiger charge is -2.06. The second-order valence-electron chi connectivity index (χ2n) is 4.32. The predicted octanol–water partition coefficient (Wildman–Crippen LogP) is 4.57. The number of benzene rings is 1. The highest BCUT2D eigenvalue weighted by Gasteiger charge is 2.30. The molecule has 0 saturated carbocycles. The zero-order chi connectivity index (χ0) is 16.0. The second-order valence-corrected chi connectivity index (χ2v) is 4.32. The standard InChI is InChI=1S/C13H14F3N3.C2H6/c1-3-4-12-9(2)17-19(18-12)11-7-5-10(6-8-11)13(14,15)16;1-2/h5-8H,3-4H2,1-2H3;1-2H3. The molecule has 0 N–H and O–H groups in total. The van der Waals surface area contributed by atoms with Crippen LogP contribution in [0.15, 0.2) is 24.3 Å². The number of nitrogens with zero attached hydrogens (tertiary/aromatic N) is 3. The van der Waals surface area contributed by atoms with Crippen molar-refractivity contribution in [1.82, 2.24) is 15.0 Å². The van der Waals surface area contributed by atoms with Gasteiger partial charge in [0, 0.05) is 0 Å². The van der Waals surface area contributed by atoms with Gasteiger partial charge in [-0.25, -0.2) is 0 Å². The Bertz CT molecular complexity index is 557. The van der Waals surface area contributed by atoms with Gasteiger partial charge in [-0.2, -0.15) is 28.2 Å². The van der Waals surface area contributed by atoms with Crippen LogP contribution in [0.2, 0.25) is 0 Å². The van der Waals surface area contributed by atoms with Crippen molar-refractivity contribution in [1.29, 1.82) is 0 Å². The molecule has 0 fully saturated rings. The number of rotatable bonds is 3. The average Bonchev–Trinajstić information content (AvgIpc) is 2.82. The van der Waals surface area contributed by atoms with E-state index >= 15 is 0 Å². The van der Waals surface area contributed by atoms with E-state index in [1.807, 2.05) is 27.7 Å². The van der Waals surface area contributed by atoms with Crippen LogP contribution in [0.1, 0.15) is 44.1 Å². The fourth-order valence-electron chi connectivity index (χ4n) is 1.78. The van der Waals surface area contributed by atoms with Crippen LogP contribution in [-0.4, -0.2) is 15.0 Å². The lowest BCUT2D eigenvalue weighted by Crippen LogP contribution is -2.06. The van der Waals surface area contributed by atoms with Crippen LogP contribution >= 0.6 is 0 Å². The van der Waals surface area contributed by atoms with E-state index in [4.69, 9.17) is 0 Å². The van der Waals surface area contributed by atoms with Crippen molar-refractivity contribution in [2.75, 3.05) is 0 Å². The highest BCUT2D eigenvalue weighted by molar-refractivity contribution is 5.34. The third-order valence-electron chi connectivity index (χ3n) is 2.79. The predicted molar refractivity (Wildman–Crippen MR) is 76.4 cm³/mol. The van der Waals surface area contributed by atoms with E-state index in [0.717, 1.165) is 36.4 Å². The third kappa shape index (κ3) is 4.31. The quantitative estimate of drug-likeness (QED) is 0.831. The molecule has 0 amide bonds. The van der Waals surface area contributed by atoms with Crippen LogP contribution in [-0.2, 0) is 12.6 Å². The van der Waals surface area contributed by atoms with Crippen LogP contribution < -0.4 is 0 Å². The Hall–Kier alpha value is -1.85. The van der Waals surface area contributed by atoms with E-state index in [2.05, 4.69) is 10.2 Å². The Morgan fingerprint density at radius 3 is 2.10 bits per heavy atom. The molecule has 2 aromatic rings. The molecule has 21 heavy (non-hydrogen) atoms. The van der Waals surface area contributed by atoms with E-state index < -0.39 is 11.7 Å².